The molecule has 0 spiro atoms. The first-order valence-corrected chi connectivity index (χ1v) is 8.25. The van der Waals surface area contributed by atoms with Crippen LogP contribution in [-0.4, -0.2) is 25.8 Å². The van der Waals surface area contributed by atoms with Gasteiger partial charge in [0.1, 0.15) is 18.1 Å². The van der Waals surface area contributed by atoms with Gasteiger partial charge < -0.3 is 9.26 Å². The van der Waals surface area contributed by atoms with Gasteiger partial charge in [0.2, 0.25) is 0 Å². The fourth-order valence-corrected chi connectivity index (χ4v) is 2.58. The van der Waals surface area contributed by atoms with E-state index in [-0.39, 0.29) is 12.4 Å². The first-order valence-electron chi connectivity index (χ1n) is 6.19. The molecule has 1 aromatic heterocycles. The molecule has 0 bridgehead atoms. The van der Waals surface area contributed by atoms with Crippen LogP contribution in [0.3, 0.4) is 0 Å². The Kier molecular flexibility index (Phi) is 4.42. The highest BCUT2D eigenvalue weighted by molar-refractivity contribution is 7.89. The summed E-state index contributed by atoms with van der Waals surface area (Å²) in [7, 11) is -3.15. The predicted octanol–water partition coefficient (Wildman–Crippen LogP) is 1.88. The molecule has 0 aliphatic carbocycles. The smallest absolute Gasteiger partial charge is 0.338 e. The molecule has 0 aliphatic heterocycles. The van der Waals surface area contributed by atoms with Crippen LogP contribution in [0.4, 0.5) is 0 Å². The summed E-state index contributed by atoms with van der Waals surface area (Å²) >= 11 is 0. The van der Waals surface area contributed by atoms with Gasteiger partial charge >= 0.3 is 5.97 Å². The number of carbonyl (C=O) groups is 1. The molecule has 0 atom stereocenters. The zero-order valence-electron chi connectivity index (χ0n) is 11.7. The average molecular weight is 309 g/mol. The number of carbonyl (C=O) groups excluding carboxylic acids is 1. The molecule has 0 fully saturated rings. The molecule has 0 N–H and O–H groups in total. The fourth-order valence-electron chi connectivity index (χ4n) is 1.80. The summed E-state index contributed by atoms with van der Waals surface area (Å²) < 4.78 is 32.5. The third-order valence-electron chi connectivity index (χ3n) is 2.62. The van der Waals surface area contributed by atoms with E-state index in [9.17, 15) is 13.2 Å². The highest BCUT2D eigenvalue weighted by atomic mass is 32.2. The van der Waals surface area contributed by atoms with E-state index >= 15 is 0 Å². The molecule has 112 valence electrons. The van der Waals surface area contributed by atoms with Gasteiger partial charge in [0.15, 0.2) is 9.84 Å². The maximum absolute atomic E-state index is 11.9. The second-order valence-corrected chi connectivity index (χ2v) is 6.92. The van der Waals surface area contributed by atoms with Gasteiger partial charge in [-0.15, -0.1) is 0 Å². The number of rotatable bonds is 5. The number of benzene rings is 1. The first-order chi connectivity index (χ1) is 9.83. The van der Waals surface area contributed by atoms with Crippen LogP contribution in [0.15, 0.2) is 34.9 Å². The Labute approximate surface area is 122 Å². The molecular formula is C14H15NO5S. The molecule has 0 aliphatic rings. The van der Waals surface area contributed by atoms with Gasteiger partial charge in [-0.3, -0.25) is 0 Å². The minimum Gasteiger partial charge on any atom is -0.455 e. The lowest BCUT2D eigenvalue weighted by Gasteiger charge is -2.05. The van der Waals surface area contributed by atoms with Crippen molar-refractivity contribution in [1.29, 1.82) is 0 Å². The van der Waals surface area contributed by atoms with Crippen molar-refractivity contribution in [3.63, 3.8) is 0 Å². The second-order valence-electron chi connectivity index (χ2n) is 4.78. The number of esters is 1. The van der Waals surface area contributed by atoms with Crippen LogP contribution in [0.5, 0.6) is 0 Å². The van der Waals surface area contributed by atoms with Crippen LogP contribution in [0.1, 0.15) is 27.4 Å². The van der Waals surface area contributed by atoms with Gasteiger partial charge in [0, 0.05) is 12.3 Å². The number of hydrogen-bond acceptors (Lipinski definition) is 6. The van der Waals surface area contributed by atoms with Crippen LogP contribution in [0, 0.1) is 6.92 Å². The second kappa shape index (κ2) is 6.09. The Morgan fingerprint density at radius 3 is 2.71 bits per heavy atom. The fraction of sp³-hybridized carbons (Fsp3) is 0.286. The van der Waals surface area contributed by atoms with E-state index in [4.69, 9.17) is 9.26 Å². The Morgan fingerprint density at radius 2 is 2.10 bits per heavy atom. The molecule has 2 rings (SSSR count). The molecule has 0 amide bonds. The van der Waals surface area contributed by atoms with Crippen LogP contribution in [-0.2, 0) is 26.9 Å². The molecule has 0 saturated carbocycles. The Bertz CT molecular complexity index is 748. The number of ether oxygens (including phenoxy) is 1. The molecule has 6 nitrogen and oxygen atoms in total. The number of aromatic nitrogens is 1. The summed E-state index contributed by atoms with van der Waals surface area (Å²) in [5.74, 6) is -0.0152. The lowest BCUT2D eigenvalue weighted by atomic mass is 10.1. The average Bonchev–Trinajstić information content (AvgIpc) is 2.80. The predicted molar refractivity (Wildman–Crippen MR) is 75.3 cm³/mol. The Balaban J connectivity index is 2.03. The summed E-state index contributed by atoms with van der Waals surface area (Å²) in [5.41, 5.74) is 1.37. The van der Waals surface area contributed by atoms with E-state index in [1.54, 1.807) is 31.2 Å². The van der Waals surface area contributed by atoms with Crippen molar-refractivity contribution < 1.29 is 22.5 Å². The quantitative estimate of drug-likeness (QED) is 0.784. The number of aryl methyl sites for hydroxylation is 1. The van der Waals surface area contributed by atoms with Gasteiger partial charge in [0.25, 0.3) is 0 Å². The highest BCUT2D eigenvalue weighted by Crippen LogP contribution is 2.11. The van der Waals surface area contributed by atoms with Crippen molar-refractivity contribution in [2.75, 3.05) is 6.26 Å². The number of sulfone groups is 1. The molecule has 21 heavy (non-hydrogen) atoms. The van der Waals surface area contributed by atoms with Crippen LogP contribution < -0.4 is 0 Å². The zero-order valence-corrected chi connectivity index (χ0v) is 12.5. The van der Waals surface area contributed by atoms with Crippen molar-refractivity contribution in [2.45, 2.75) is 19.3 Å². The van der Waals surface area contributed by atoms with Gasteiger partial charge in [-0.1, -0.05) is 17.3 Å². The van der Waals surface area contributed by atoms with E-state index in [1.807, 2.05) is 0 Å². The minimum absolute atomic E-state index is 0.00643. The van der Waals surface area contributed by atoms with Gasteiger partial charge in [-0.2, -0.15) is 0 Å². The highest BCUT2D eigenvalue weighted by Gasteiger charge is 2.11. The summed E-state index contributed by atoms with van der Waals surface area (Å²) in [6, 6.07) is 8.03. The maximum atomic E-state index is 11.9. The first kappa shape index (κ1) is 15.2. The van der Waals surface area contributed by atoms with Gasteiger partial charge in [-0.05, 0) is 24.6 Å². The van der Waals surface area contributed by atoms with Crippen LogP contribution >= 0.6 is 0 Å². The monoisotopic (exact) mass is 309 g/mol. The Morgan fingerprint density at radius 1 is 1.33 bits per heavy atom. The molecule has 0 unspecified atom stereocenters. The summed E-state index contributed by atoms with van der Waals surface area (Å²) in [6.45, 7) is 1.75. The van der Waals surface area contributed by atoms with Crippen molar-refractivity contribution in [2.24, 2.45) is 0 Å². The molecule has 1 heterocycles. The van der Waals surface area contributed by atoms with Crippen molar-refractivity contribution in [3.8, 4) is 0 Å². The number of nitrogens with zero attached hydrogens (tertiary/aromatic N) is 1. The normalized spacial score (nSPS) is 11.3. The summed E-state index contributed by atoms with van der Waals surface area (Å²) in [4.78, 5) is 11.9. The standard InChI is InChI=1S/C14H15NO5S/c1-10-6-13(15-20-10)8-19-14(16)12-5-3-4-11(7-12)9-21(2,17)18/h3-7H,8-9H2,1-2H3. The number of hydrogen-bond donors (Lipinski definition) is 0. The van der Waals surface area contributed by atoms with Crippen molar-refractivity contribution in [3.05, 3.63) is 52.9 Å². The van der Waals surface area contributed by atoms with E-state index in [0.717, 1.165) is 6.26 Å². The SMILES string of the molecule is Cc1cc(COC(=O)c2cccc(CS(C)(=O)=O)c2)no1. The molecule has 0 radical (unpaired) electrons. The van der Waals surface area contributed by atoms with E-state index in [2.05, 4.69) is 5.16 Å². The lowest BCUT2D eigenvalue weighted by molar-refractivity contribution is 0.0464. The van der Waals surface area contributed by atoms with Crippen LogP contribution in [0.2, 0.25) is 0 Å². The Hall–Kier alpha value is -2.15. The summed E-state index contributed by atoms with van der Waals surface area (Å²) in [5, 5.41) is 3.72. The minimum atomic E-state index is -3.15. The molecular weight excluding hydrogens is 294 g/mol. The molecule has 2 aromatic rings. The third-order valence-corrected chi connectivity index (χ3v) is 3.48. The van der Waals surface area contributed by atoms with Crippen LogP contribution in [0.25, 0.3) is 0 Å². The zero-order chi connectivity index (χ0) is 15.5. The molecule has 1 aromatic carbocycles. The summed E-state index contributed by atoms with van der Waals surface area (Å²) in [6.07, 6.45) is 1.14. The van der Waals surface area contributed by atoms with Gasteiger partial charge in [0.05, 0.1) is 11.3 Å². The third kappa shape index (κ3) is 4.71. The van der Waals surface area contributed by atoms with Crippen molar-refractivity contribution in [1.82, 2.24) is 5.16 Å². The van der Waals surface area contributed by atoms with E-state index in [0.29, 0.717) is 22.6 Å². The topological polar surface area (TPSA) is 86.5 Å². The molecule has 0 saturated heterocycles. The maximum Gasteiger partial charge on any atom is 0.338 e. The van der Waals surface area contributed by atoms with Gasteiger partial charge in [-0.25, -0.2) is 13.2 Å². The van der Waals surface area contributed by atoms with E-state index in [1.165, 1.54) is 6.07 Å². The van der Waals surface area contributed by atoms with Crippen molar-refractivity contribution >= 4 is 15.8 Å². The molecule has 7 heteroatoms. The lowest BCUT2D eigenvalue weighted by Crippen LogP contribution is -2.07. The van der Waals surface area contributed by atoms with E-state index < -0.39 is 15.8 Å². The largest absolute Gasteiger partial charge is 0.455 e.